The van der Waals surface area contributed by atoms with Crippen molar-refractivity contribution in [1.29, 1.82) is 0 Å². The number of carboxylic acid groups (broad SMARTS) is 1. The molecule has 0 atom stereocenters. The van der Waals surface area contributed by atoms with Gasteiger partial charge in [0.25, 0.3) is 0 Å². The third-order valence-electron chi connectivity index (χ3n) is 3.40. The van der Waals surface area contributed by atoms with E-state index in [-0.39, 0.29) is 11.7 Å². The molecule has 0 saturated carbocycles. The third-order valence-corrected chi connectivity index (χ3v) is 3.40. The van der Waals surface area contributed by atoms with Gasteiger partial charge in [0.15, 0.2) is 0 Å². The molecule has 1 aromatic rings. The zero-order valence-electron chi connectivity index (χ0n) is 12.2. The summed E-state index contributed by atoms with van der Waals surface area (Å²) in [5.41, 5.74) is 1.00. The van der Waals surface area contributed by atoms with Crippen molar-refractivity contribution in [2.45, 2.75) is 13.8 Å². The number of carboxylic acids is 1. The summed E-state index contributed by atoms with van der Waals surface area (Å²) in [7, 11) is 0. The van der Waals surface area contributed by atoms with Crippen LogP contribution in [0.25, 0.3) is 0 Å². The quantitative estimate of drug-likeness (QED) is 0.906. The van der Waals surface area contributed by atoms with Gasteiger partial charge in [-0.3, -0.25) is 0 Å². The largest absolute Gasteiger partial charge is 0.478 e. The molecule has 7 nitrogen and oxygen atoms in total. The molecular weight excluding hydrogens is 274 g/mol. The van der Waals surface area contributed by atoms with Crippen molar-refractivity contribution >= 4 is 17.9 Å². The van der Waals surface area contributed by atoms with Gasteiger partial charge in [-0.25, -0.2) is 14.6 Å². The van der Waals surface area contributed by atoms with Gasteiger partial charge in [-0.2, -0.15) is 0 Å². The van der Waals surface area contributed by atoms with Crippen LogP contribution in [0, 0.1) is 6.92 Å². The lowest BCUT2D eigenvalue weighted by atomic mass is 10.2. The van der Waals surface area contributed by atoms with E-state index in [4.69, 9.17) is 9.84 Å². The van der Waals surface area contributed by atoms with E-state index in [1.807, 2.05) is 6.92 Å². The summed E-state index contributed by atoms with van der Waals surface area (Å²) in [5.74, 6) is -0.215. The smallest absolute Gasteiger partial charge is 0.409 e. The number of nitrogens with zero attached hydrogens (tertiary/aromatic N) is 3. The molecule has 0 aliphatic carbocycles. The minimum Gasteiger partial charge on any atom is -0.478 e. The maximum absolute atomic E-state index is 11.6. The molecule has 1 N–H and O–H groups in total. The Labute approximate surface area is 123 Å². The molecule has 2 rings (SSSR count). The number of carbonyl (C=O) groups excluding carboxylic acids is 1. The first kappa shape index (κ1) is 15.1. The van der Waals surface area contributed by atoms with Crippen LogP contribution in [0.1, 0.15) is 22.8 Å². The van der Waals surface area contributed by atoms with Gasteiger partial charge >= 0.3 is 12.1 Å². The second-order valence-corrected chi connectivity index (χ2v) is 4.84. The summed E-state index contributed by atoms with van der Waals surface area (Å²) in [6.07, 6.45) is 1.07. The van der Waals surface area contributed by atoms with Crippen LogP contribution < -0.4 is 4.90 Å². The van der Waals surface area contributed by atoms with Crippen LogP contribution >= 0.6 is 0 Å². The first-order chi connectivity index (χ1) is 10.0. The van der Waals surface area contributed by atoms with Crippen LogP contribution in [0.15, 0.2) is 12.3 Å². The summed E-state index contributed by atoms with van der Waals surface area (Å²) >= 11 is 0. The minimum absolute atomic E-state index is 0.182. The first-order valence-electron chi connectivity index (χ1n) is 6.89. The first-order valence-corrected chi connectivity index (χ1v) is 6.89. The number of aryl methyl sites for hydroxylation is 1. The van der Waals surface area contributed by atoms with Crippen molar-refractivity contribution in [3.05, 3.63) is 23.4 Å². The molecular formula is C14H19N3O4. The average molecular weight is 293 g/mol. The molecule has 1 aromatic heterocycles. The highest BCUT2D eigenvalue weighted by Crippen LogP contribution is 2.19. The maximum Gasteiger partial charge on any atom is 0.409 e. The summed E-state index contributed by atoms with van der Waals surface area (Å²) < 4.78 is 4.98. The number of rotatable bonds is 3. The topological polar surface area (TPSA) is 83.0 Å². The second-order valence-electron chi connectivity index (χ2n) is 4.84. The molecule has 0 bridgehead atoms. The van der Waals surface area contributed by atoms with Crippen LogP contribution in [-0.2, 0) is 4.74 Å². The van der Waals surface area contributed by atoms with Gasteiger partial charge in [-0.1, -0.05) is 0 Å². The van der Waals surface area contributed by atoms with Crippen LogP contribution in [0.5, 0.6) is 0 Å². The number of aromatic carboxylic acids is 1. The monoisotopic (exact) mass is 293 g/mol. The molecule has 1 aliphatic rings. The summed E-state index contributed by atoms with van der Waals surface area (Å²) in [5, 5.41) is 8.95. The zero-order chi connectivity index (χ0) is 15.4. The molecule has 1 saturated heterocycles. The standard InChI is InChI=1S/C14H19N3O4/c1-3-21-14(20)17-6-4-16(5-7-17)12-10(2)8-11(9-15-12)13(18)19/h8-9H,3-7H2,1-2H3,(H,18,19). The van der Waals surface area contributed by atoms with E-state index in [1.165, 1.54) is 6.20 Å². The Morgan fingerprint density at radius 3 is 2.52 bits per heavy atom. The maximum atomic E-state index is 11.6. The molecule has 0 spiro atoms. The van der Waals surface area contributed by atoms with E-state index in [9.17, 15) is 9.59 Å². The van der Waals surface area contributed by atoms with Crippen molar-refractivity contribution in [3.8, 4) is 0 Å². The summed E-state index contributed by atoms with van der Waals surface area (Å²) in [6.45, 7) is 6.44. The predicted molar refractivity (Wildman–Crippen MR) is 76.7 cm³/mol. The van der Waals surface area contributed by atoms with Crippen LogP contribution in [0.4, 0.5) is 10.6 Å². The Morgan fingerprint density at radius 1 is 1.33 bits per heavy atom. The van der Waals surface area contributed by atoms with Crippen molar-refractivity contribution in [1.82, 2.24) is 9.88 Å². The van der Waals surface area contributed by atoms with Crippen molar-refractivity contribution in [2.75, 3.05) is 37.7 Å². The van der Waals surface area contributed by atoms with E-state index >= 15 is 0 Å². The average Bonchev–Trinajstić information content (AvgIpc) is 2.47. The van der Waals surface area contributed by atoms with Crippen molar-refractivity contribution < 1.29 is 19.4 Å². The van der Waals surface area contributed by atoms with Crippen molar-refractivity contribution in [3.63, 3.8) is 0 Å². The number of carbonyl (C=O) groups is 2. The van der Waals surface area contributed by atoms with Gasteiger partial charge in [-0.15, -0.1) is 0 Å². The van der Waals surface area contributed by atoms with E-state index in [1.54, 1.807) is 17.9 Å². The lowest BCUT2D eigenvalue weighted by molar-refractivity contribution is 0.0696. The Bertz CT molecular complexity index is 539. The summed E-state index contributed by atoms with van der Waals surface area (Å²) in [4.78, 5) is 30.5. The number of amides is 1. The molecule has 7 heteroatoms. The fourth-order valence-corrected chi connectivity index (χ4v) is 2.33. The van der Waals surface area contributed by atoms with Gasteiger partial charge in [0.2, 0.25) is 0 Å². The molecule has 1 aliphatic heterocycles. The van der Waals surface area contributed by atoms with Gasteiger partial charge in [0.05, 0.1) is 12.2 Å². The summed E-state index contributed by atoms with van der Waals surface area (Å²) in [6, 6.07) is 1.61. The minimum atomic E-state index is -0.982. The van der Waals surface area contributed by atoms with Crippen LogP contribution in [-0.4, -0.2) is 59.8 Å². The van der Waals surface area contributed by atoms with Gasteiger partial charge in [0, 0.05) is 32.4 Å². The fourth-order valence-electron chi connectivity index (χ4n) is 2.33. The number of ether oxygens (including phenoxy) is 1. The van der Waals surface area contributed by atoms with E-state index in [2.05, 4.69) is 9.88 Å². The SMILES string of the molecule is CCOC(=O)N1CCN(c2ncc(C(=O)O)cc2C)CC1. The molecule has 1 fully saturated rings. The Kier molecular flexibility index (Phi) is 4.62. The van der Waals surface area contributed by atoms with E-state index in [0.717, 1.165) is 11.4 Å². The number of hydrogen-bond donors (Lipinski definition) is 1. The number of aromatic nitrogens is 1. The van der Waals surface area contributed by atoms with Gasteiger partial charge in [0.1, 0.15) is 5.82 Å². The molecule has 0 aromatic carbocycles. The van der Waals surface area contributed by atoms with Gasteiger partial charge < -0.3 is 19.6 Å². The molecule has 1 amide bonds. The second kappa shape index (κ2) is 6.43. The predicted octanol–water partition coefficient (Wildman–Crippen LogP) is 1.37. The Hall–Kier alpha value is -2.31. The van der Waals surface area contributed by atoms with Crippen LogP contribution in [0.3, 0.4) is 0 Å². The molecule has 0 radical (unpaired) electrons. The Balaban J connectivity index is 2.02. The lowest BCUT2D eigenvalue weighted by Crippen LogP contribution is -2.49. The highest BCUT2D eigenvalue weighted by Gasteiger charge is 2.23. The Morgan fingerprint density at radius 2 is 2.00 bits per heavy atom. The molecule has 114 valence electrons. The highest BCUT2D eigenvalue weighted by molar-refractivity contribution is 5.87. The van der Waals surface area contributed by atoms with Gasteiger partial charge in [-0.05, 0) is 25.5 Å². The fraction of sp³-hybridized carbons (Fsp3) is 0.500. The third kappa shape index (κ3) is 3.42. The number of anilines is 1. The number of hydrogen-bond acceptors (Lipinski definition) is 5. The lowest BCUT2D eigenvalue weighted by Gasteiger charge is -2.35. The van der Waals surface area contributed by atoms with Crippen molar-refractivity contribution in [2.24, 2.45) is 0 Å². The molecule has 0 unspecified atom stereocenters. The number of pyridine rings is 1. The molecule has 2 heterocycles. The molecule has 21 heavy (non-hydrogen) atoms. The van der Waals surface area contributed by atoms with Crippen LogP contribution in [0.2, 0.25) is 0 Å². The zero-order valence-corrected chi connectivity index (χ0v) is 12.2. The van der Waals surface area contributed by atoms with E-state index in [0.29, 0.717) is 32.8 Å². The normalized spacial score (nSPS) is 15.0. The highest BCUT2D eigenvalue weighted by atomic mass is 16.6. The van der Waals surface area contributed by atoms with E-state index < -0.39 is 5.97 Å². The number of piperazine rings is 1.